The van der Waals surface area contributed by atoms with E-state index in [1.807, 2.05) is 12.1 Å². The smallest absolute Gasteiger partial charge is 0.258 e. The predicted octanol–water partition coefficient (Wildman–Crippen LogP) is 4.19. The van der Waals surface area contributed by atoms with Gasteiger partial charge in [0.1, 0.15) is 0 Å². The van der Waals surface area contributed by atoms with Crippen LogP contribution in [0.5, 0.6) is 0 Å². The molecule has 4 nitrogen and oxygen atoms in total. The second kappa shape index (κ2) is 4.63. The average Bonchev–Trinajstić information content (AvgIpc) is 3.23. The normalized spacial score (nSPS) is 14.4. The van der Waals surface area contributed by atoms with E-state index in [1.165, 1.54) is 24.5 Å². The quantitative estimate of drug-likeness (QED) is 0.479. The van der Waals surface area contributed by atoms with Crippen LogP contribution in [0.15, 0.2) is 36.5 Å². The van der Waals surface area contributed by atoms with E-state index in [9.17, 15) is 10.1 Å². The van der Waals surface area contributed by atoms with E-state index in [1.54, 1.807) is 6.20 Å². The van der Waals surface area contributed by atoms with Crippen LogP contribution in [0.25, 0.3) is 11.1 Å². The molecule has 1 fully saturated rings. The van der Waals surface area contributed by atoms with Crippen LogP contribution in [0.2, 0.25) is 5.15 Å². The summed E-state index contributed by atoms with van der Waals surface area (Å²) in [5.74, 6) is 0.701. The summed E-state index contributed by atoms with van der Waals surface area (Å²) in [7, 11) is 0. The Morgan fingerprint density at radius 2 is 1.89 bits per heavy atom. The van der Waals surface area contributed by atoms with E-state index in [0.717, 1.165) is 5.56 Å². The Kier molecular flexibility index (Phi) is 2.95. The van der Waals surface area contributed by atoms with E-state index in [4.69, 9.17) is 11.6 Å². The molecule has 0 N–H and O–H groups in total. The van der Waals surface area contributed by atoms with Crippen LogP contribution in [-0.2, 0) is 0 Å². The topological polar surface area (TPSA) is 56.0 Å². The third-order valence-corrected chi connectivity index (χ3v) is 3.60. The molecule has 1 aliphatic carbocycles. The Morgan fingerprint density at radius 1 is 1.21 bits per heavy atom. The van der Waals surface area contributed by atoms with Crippen LogP contribution in [0.4, 0.5) is 5.69 Å². The van der Waals surface area contributed by atoms with Gasteiger partial charge in [0.05, 0.1) is 4.92 Å². The van der Waals surface area contributed by atoms with Gasteiger partial charge in [-0.2, -0.15) is 0 Å². The van der Waals surface area contributed by atoms with Crippen molar-refractivity contribution in [3.8, 4) is 11.1 Å². The van der Waals surface area contributed by atoms with Crippen molar-refractivity contribution in [1.29, 1.82) is 0 Å². The summed E-state index contributed by atoms with van der Waals surface area (Å²) in [6, 6.07) is 9.56. The lowest BCUT2D eigenvalue weighted by Crippen LogP contribution is -1.92. The highest BCUT2D eigenvalue weighted by atomic mass is 35.5. The lowest BCUT2D eigenvalue weighted by molar-refractivity contribution is -0.385. The summed E-state index contributed by atoms with van der Waals surface area (Å²) in [5.41, 5.74) is 2.79. The number of halogens is 1. The Balaban J connectivity index is 1.96. The minimum Gasteiger partial charge on any atom is -0.258 e. The van der Waals surface area contributed by atoms with E-state index in [-0.39, 0.29) is 10.8 Å². The molecule has 19 heavy (non-hydrogen) atoms. The van der Waals surface area contributed by atoms with Gasteiger partial charge in [0.25, 0.3) is 0 Å². The maximum absolute atomic E-state index is 10.8. The van der Waals surface area contributed by atoms with Gasteiger partial charge in [0, 0.05) is 17.8 Å². The Morgan fingerprint density at radius 3 is 2.47 bits per heavy atom. The van der Waals surface area contributed by atoms with Gasteiger partial charge < -0.3 is 0 Å². The van der Waals surface area contributed by atoms with Crippen molar-refractivity contribution in [3.05, 3.63) is 57.4 Å². The summed E-state index contributed by atoms with van der Waals surface area (Å²) in [5, 5.41) is 10.8. The Bertz CT molecular complexity index is 636. The number of pyridine rings is 1. The summed E-state index contributed by atoms with van der Waals surface area (Å²) in [6.45, 7) is 0. The van der Waals surface area contributed by atoms with Gasteiger partial charge in [0.15, 0.2) is 0 Å². The molecule has 0 bridgehead atoms. The van der Waals surface area contributed by atoms with Crippen LogP contribution >= 0.6 is 11.6 Å². The second-order valence-electron chi connectivity index (χ2n) is 4.69. The van der Waals surface area contributed by atoms with Gasteiger partial charge in [-0.25, -0.2) is 4.98 Å². The largest absolute Gasteiger partial charge is 0.307 e. The maximum Gasteiger partial charge on any atom is 0.307 e. The van der Waals surface area contributed by atoms with Gasteiger partial charge in [-0.15, -0.1) is 0 Å². The molecule has 1 aliphatic rings. The molecular formula is C14H11ClN2O2. The number of hydrogen-bond donors (Lipinski definition) is 0. The van der Waals surface area contributed by atoms with Crippen molar-refractivity contribution in [2.45, 2.75) is 18.8 Å². The van der Waals surface area contributed by atoms with Crippen LogP contribution in [-0.4, -0.2) is 9.91 Å². The molecule has 0 saturated heterocycles. The van der Waals surface area contributed by atoms with Crippen LogP contribution in [0.1, 0.15) is 24.3 Å². The van der Waals surface area contributed by atoms with Crippen LogP contribution in [0, 0.1) is 10.1 Å². The molecular weight excluding hydrogens is 264 g/mol. The molecule has 0 spiro atoms. The first kappa shape index (κ1) is 12.1. The highest BCUT2D eigenvalue weighted by Gasteiger charge is 2.23. The highest BCUT2D eigenvalue weighted by molar-refractivity contribution is 6.31. The molecule has 0 amide bonds. The fourth-order valence-corrected chi connectivity index (χ4v) is 2.26. The summed E-state index contributed by atoms with van der Waals surface area (Å²) in [6.07, 6.45) is 4.07. The van der Waals surface area contributed by atoms with E-state index >= 15 is 0 Å². The second-order valence-corrected chi connectivity index (χ2v) is 5.05. The minimum atomic E-state index is -0.516. The molecule has 96 valence electrons. The molecule has 5 heteroatoms. The van der Waals surface area contributed by atoms with Crippen molar-refractivity contribution in [1.82, 2.24) is 4.98 Å². The SMILES string of the molecule is O=[N+]([O-])c1cc(-c2ccc(C3CC3)cc2)cnc1Cl. The third kappa shape index (κ3) is 2.44. The van der Waals surface area contributed by atoms with Crippen molar-refractivity contribution in [3.63, 3.8) is 0 Å². The first-order valence-corrected chi connectivity index (χ1v) is 6.43. The number of hydrogen-bond acceptors (Lipinski definition) is 3. The summed E-state index contributed by atoms with van der Waals surface area (Å²) >= 11 is 5.70. The lowest BCUT2D eigenvalue weighted by Gasteiger charge is -2.04. The van der Waals surface area contributed by atoms with Crippen molar-refractivity contribution >= 4 is 17.3 Å². The molecule has 1 heterocycles. The molecule has 3 rings (SSSR count). The first-order chi connectivity index (χ1) is 9.15. The third-order valence-electron chi connectivity index (χ3n) is 3.31. The minimum absolute atomic E-state index is 0.0802. The lowest BCUT2D eigenvalue weighted by atomic mass is 10.0. The van der Waals surface area contributed by atoms with Gasteiger partial charge in [0.2, 0.25) is 5.15 Å². The Labute approximate surface area is 115 Å². The monoisotopic (exact) mass is 274 g/mol. The zero-order valence-electron chi connectivity index (χ0n) is 10.0. The molecule has 1 aromatic heterocycles. The summed E-state index contributed by atoms with van der Waals surface area (Å²) < 4.78 is 0. The molecule has 1 saturated carbocycles. The number of rotatable bonds is 3. The van der Waals surface area contributed by atoms with Crippen LogP contribution in [0.3, 0.4) is 0 Å². The van der Waals surface area contributed by atoms with E-state index < -0.39 is 4.92 Å². The fraction of sp³-hybridized carbons (Fsp3) is 0.214. The van der Waals surface area contributed by atoms with Crippen LogP contribution < -0.4 is 0 Å². The molecule has 0 atom stereocenters. The average molecular weight is 275 g/mol. The Hall–Kier alpha value is -1.94. The van der Waals surface area contributed by atoms with Gasteiger partial charge in [-0.05, 0) is 29.9 Å². The molecule has 0 radical (unpaired) electrons. The van der Waals surface area contributed by atoms with E-state index in [0.29, 0.717) is 11.5 Å². The molecule has 2 aromatic rings. The highest BCUT2D eigenvalue weighted by Crippen LogP contribution is 2.40. The number of nitrogens with zero attached hydrogens (tertiary/aromatic N) is 2. The zero-order chi connectivity index (χ0) is 13.4. The van der Waals surface area contributed by atoms with Gasteiger partial charge in [-0.1, -0.05) is 35.9 Å². The first-order valence-electron chi connectivity index (χ1n) is 6.05. The maximum atomic E-state index is 10.8. The molecule has 1 aromatic carbocycles. The standard InChI is InChI=1S/C14H11ClN2O2/c15-14-13(17(18)19)7-12(8-16-14)11-5-3-10(4-6-11)9-1-2-9/h3-9H,1-2H2. The van der Waals surface area contributed by atoms with Gasteiger partial charge >= 0.3 is 5.69 Å². The predicted molar refractivity (Wildman–Crippen MR) is 73.3 cm³/mol. The van der Waals surface area contributed by atoms with Crippen molar-refractivity contribution < 1.29 is 4.92 Å². The van der Waals surface area contributed by atoms with Crippen molar-refractivity contribution in [2.24, 2.45) is 0 Å². The number of nitro groups is 1. The number of aromatic nitrogens is 1. The molecule has 0 unspecified atom stereocenters. The van der Waals surface area contributed by atoms with Gasteiger partial charge in [-0.3, -0.25) is 10.1 Å². The fourth-order valence-electron chi connectivity index (χ4n) is 2.09. The van der Waals surface area contributed by atoms with Crippen molar-refractivity contribution in [2.75, 3.05) is 0 Å². The number of benzene rings is 1. The molecule has 0 aliphatic heterocycles. The summed E-state index contributed by atoms with van der Waals surface area (Å²) in [4.78, 5) is 14.2. The van der Waals surface area contributed by atoms with E-state index in [2.05, 4.69) is 17.1 Å². The zero-order valence-corrected chi connectivity index (χ0v) is 10.8.